The van der Waals surface area contributed by atoms with Gasteiger partial charge in [-0.2, -0.15) is 0 Å². The number of carbonyl (C=O) groups excluding carboxylic acids is 2. The summed E-state index contributed by atoms with van der Waals surface area (Å²) in [5, 5.41) is 8.88. The van der Waals surface area contributed by atoms with Crippen LogP contribution in [0.15, 0.2) is 70.8 Å². The normalized spacial score (nSPS) is 13.1. The quantitative estimate of drug-likeness (QED) is 0.366. The lowest BCUT2D eigenvalue weighted by atomic mass is 10.0. The molecule has 7 heteroatoms. The first kappa shape index (κ1) is 20.9. The zero-order valence-electron chi connectivity index (χ0n) is 17.3. The van der Waals surface area contributed by atoms with Gasteiger partial charge in [-0.3, -0.25) is 9.59 Å². The van der Waals surface area contributed by atoms with Gasteiger partial charge in [0.1, 0.15) is 11.8 Å². The molecule has 31 heavy (non-hydrogen) atoms. The van der Waals surface area contributed by atoms with Crippen molar-refractivity contribution in [1.82, 2.24) is 15.6 Å². The van der Waals surface area contributed by atoms with Gasteiger partial charge in [-0.1, -0.05) is 24.3 Å². The molecule has 3 N–H and O–H groups in total. The maximum absolute atomic E-state index is 13.1. The number of aromatic amines is 1. The van der Waals surface area contributed by atoms with Crippen LogP contribution in [-0.2, 0) is 17.6 Å². The van der Waals surface area contributed by atoms with E-state index in [4.69, 9.17) is 4.42 Å². The number of nitrogens with one attached hydrogen (secondary N) is 3. The minimum absolute atomic E-state index is 0.0540. The molecule has 2 amide bonds. The number of amides is 2. The summed E-state index contributed by atoms with van der Waals surface area (Å²) >= 11 is 1.36. The van der Waals surface area contributed by atoms with Crippen molar-refractivity contribution < 1.29 is 14.0 Å². The van der Waals surface area contributed by atoms with Crippen LogP contribution >= 0.6 is 11.3 Å². The van der Waals surface area contributed by atoms with Crippen LogP contribution in [0.5, 0.6) is 0 Å². The van der Waals surface area contributed by atoms with E-state index >= 15 is 0 Å². The van der Waals surface area contributed by atoms with Crippen LogP contribution < -0.4 is 10.6 Å². The summed E-state index contributed by atoms with van der Waals surface area (Å²) in [5.41, 5.74) is 2.00. The molecule has 0 saturated carbocycles. The summed E-state index contributed by atoms with van der Waals surface area (Å²) in [6.45, 7) is 1.96. The number of carbonyl (C=O) groups is 2. The summed E-state index contributed by atoms with van der Waals surface area (Å²) in [5.74, 6) is 0.461. The third kappa shape index (κ3) is 5.24. The Balaban J connectivity index is 1.46. The van der Waals surface area contributed by atoms with Crippen molar-refractivity contribution in [3.63, 3.8) is 0 Å². The highest BCUT2D eigenvalue weighted by atomic mass is 32.1. The molecule has 0 saturated heterocycles. The summed E-state index contributed by atoms with van der Waals surface area (Å²) in [4.78, 5) is 29.6. The predicted octanol–water partition coefficient (Wildman–Crippen LogP) is 4.30. The molecule has 3 heterocycles. The highest BCUT2D eigenvalue weighted by Gasteiger charge is 2.24. The molecule has 0 spiro atoms. The van der Waals surface area contributed by atoms with Crippen LogP contribution in [0.25, 0.3) is 10.9 Å². The number of thiophene rings is 1. The molecule has 0 aliphatic rings. The third-order valence-electron chi connectivity index (χ3n) is 5.26. The number of rotatable bonds is 9. The average molecular weight is 436 g/mol. The van der Waals surface area contributed by atoms with E-state index < -0.39 is 6.04 Å². The van der Waals surface area contributed by atoms with Gasteiger partial charge in [0.2, 0.25) is 5.91 Å². The molecule has 1 aromatic carbocycles. The number of benzene rings is 1. The van der Waals surface area contributed by atoms with E-state index in [0.717, 1.165) is 35.1 Å². The van der Waals surface area contributed by atoms with E-state index in [1.165, 1.54) is 11.3 Å². The van der Waals surface area contributed by atoms with Gasteiger partial charge in [-0.15, -0.1) is 11.3 Å². The van der Waals surface area contributed by atoms with Crippen LogP contribution in [0.3, 0.4) is 0 Å². The van der Waals surface area contributed by atoms with Crippen molar-refractivity contribution in [1.29, 1.82) is 0 Å². The Morgan fingerprint density at radius 2 is 1.97 bits per heavy atom. The Hall–Kier alpha value is -3.32. The molecular weight excluding hydrogens is 410 g/mol. The summed E-state index contributed by atoms with van der Waals surface area (Å²) in [7, 11) is 0. The number of para-hydroxylation sites is 1. The van der Waals surface area contributed by atoms with Crippen LogP contribution in [0.1, 0.15) is 34.3 Å². The van der Waals surface area contributed by atoms with Crippen molar-refractivity contribution in [3.8, 4) is 0 Å². The predicted molar refractivity (Wildman–Crippen MR) is 122 cm³/mol. The molecule has 4 rings (SSSR count). The van der Waals surface area contributed by atoms with Crippen molar-refractivity contribution in [3.05, 3.63) is 82.6 Å². The lowest BCUT2D eigenvalue weighted by molar-refractivity contribution is -0.123. The molecule has 2 unspecified atom stereocenters. The monoisotopic (exact) mass is 435 g/mol. The fourth-order valence-corrected chi connectivity index (χ4v) is 4.22. The van der Waals surface area contributed by atoms with Crippen molar-refractivity contribution in [2.75, 3.05) is 0 Å². The van der Waals surface area contributed by atoms with Crippen LogP contribution in [0.2, 0.25) is 0 Å². The Morgan fingerprint density at radius 1 is 1.10 bits per heavy atom. The number of fused-ring (bicyclic) bond motifs is 1. The van der Waals surface area contributed by atoms with E-state index in [9.17, 15) is 9.59 Å². The number of H-pyrrole nitrogens is 1. The fraction of sp³-hybridized carbons (Fsp3) is 0.250. The van der Waals surface area contributed by atoms with Crippen molar-refractivity contribution in [2.24, 2.45) is 0 Å². The molecule has 4 aromatic rings. The molecule has 3 aromatic heterocycles. The second kappa shape index (κ2) is 9.66. The molecule has 0 bridgehead atoms. The molecule has 160 valence electrons. The van der Waals surface area contributed by atoms with E-state index in [0.29, 0.717) is 11.3 Å². The first-order valence-corrected chi connectivity index (χ1v) is 11.2. The van der Waals surface area contributed by atoms with Crippen molar-refractivity contribution in [2.45, 2.75) is 38.3 Å². The minimum Gasteiger partial charge on any atom is -0.469 e. The Morgan fingerprint density at radius 3 is 2.74 bits per heavy atom. The van der Waals surface area contributed by atoms with E-state index in [1.54, 1.807) is 12.3 Å². The maximum atomic E-state index is 13.1. The lowest BCUT2D eigenvalue weighted by Crippen LogP contribution is -2.50. The second-order valence-corrected chi connectivity index (χ2v) is 8.54. The van der Waals surface area contributed by atoms with Crippen LogP contribution in [0.4, 0.5) is 0 Å². The molecule has 2 atom stereocenters. The number of aromatic nitrogens is 1. The average Bonchev–Trinajstić information content (AvgIpc) is 3.54. The first-order valence-electron chi connectivity index (χ1n) is 10.3. The Kier molecular flexibility index (Phi) is 6.52. The first-order chi connectivity index (χ1) is 15.1. The van der Waals surface area contributed by atoms with Gasteiger partial charge >= 0.3 is 0 Å². The number of aryl methyl sites for hydroxylation is 1. The maximum Gasteiger partial charge on any atom is 0.262 e. The lowest BCUT2D eigenvalue weighted by Gasteiger charge is -2.21. The summed E-state index contributed by atoms with van der Waals surface area (Å²) in [6, 6.07) is 14.6. The van der Waals surface area contributed by atoms with E-state index in [1.807, 2.05) is 61.0 Å². The molecule has 0 aliphatic heterocycles. The topological polar surface area (TPSA) is 87.1 Å². The Labute approximate surface area is 184 Å². The van der Waals surface area contributed by atoms with E-state index in [-0.39, 0.29) is 17.9 Å². The largest absolute Gasteiger partial charge is 0.469 e. The Bertz CT molecular complexity index is 1130. The summed E-state index contributed by atoms with van der Waals surface area (Å²) in [6.07, 6.45) is 5.44. The highest BCUT2D eigenvalue weighted by Crippen LogP contribution is 2.20. The van der Waals surface area contributed by atoms with E-state index in [2.05, 4.69) is 15.6 Å². The van der Waals surface area contributed by atoms with Gasteiger partial charge in [-0.05, 0) is 48.6 Å². The van der Waals surface area contributed by atoms with Gasteiger partial charge < -0.3 is 20.0 Å². The molecule has 0 fully saturated rings. The molecule has 0 radical (unpaired) electrons. The molecular formula is C24H25N3O3S. The van der Waals surface area contributed by atoms with Crippen LogP contribution in [-0.4, -0.2) is 28.9 Å². The number of furan rings is 1. The molecule has 0 aliphatic carbocycles. The smallest absolute Gasteiger partial charge is 0.262 e. The zero-order chi connectivity index (χ0) is 21.6. The molecule has 6 nitrogen and oxygen atoms in total. The summed E-state index contributed by atoms with van der Waals surface area (Å²) < 4.78 is 5.37. The standard InChI is InChI=1S/C24H25N3O3S/c1-16(10-11-18-6-4-12-30-18)26-23(28)21(27-24(29)22-9-5-13-31-22)14-17-15-25-20-8-3-2-7-19(17)20/h2-9,12-13,15-16,21,25H,10-11,14H2,1H3,(H,26,28)(H,27,29). The zero-order valence-corrected chi connectivity index (χ0v) is 18.1. The fourth-order valence-electron chi connectivity index (χ4n) is 3.60. The van der Waals surface area contributed by atoms with Gasteiger partial charge in [-0.25, -0.2) is 0 Å². The van der Waals surface area contributed by atoms with Gasteiger partial charge in [0.25, 0.3) is 5.91 Å². The number of hydrogen-bond acceptors (Lipinski definition) is 4. The van der Waals surface area contributed by atoms with Gasteiger partial charge in [0, 0.05) is 36.0 Å². The van der Waals surface area contributed by atoms with Crippen LogP contribution in [0, 0.1) is 0 Å². The number of hydrogen-bond donors (Lipinski definition) is 3. The highest BCUT2D eigenvalue weighted by molar-refractivity contribution is 7.12. The SMILES string of the molecule is CC(CCc1ccco1)NC(=O)C(Cc1c[nH]c2ccccc12)NC(=O)c1cccs1. The van der Waals surface area contributed by atoms with Crippen molar-refractivity contribution >= 4 is 34.1 Å². The second-order valence-electron chi connectivity index (χ2n) is 7.59. The third-order valence-corrected chi connectivity index (χ3v) is 6.13. The van der Waals surface area contributed by atoms with Gasteiger partial charge in [0.15, 0.2) is 0 Å². The van der Waals surface area contributed by atoms with Gasteiger partial charge in [0.05, 0.1) is 11.1 Å². The minimum atomic E-state index is -0.681.